The molecule has 1 aromatic heterocycles. The Kier molecular flexibility index (Phi) is 9.04. The summed E-state index contributed by atoms with van der Waals surface area (Å²) in [6, 6.07) is 13.3. The summed E-state index contributed by atoms with van der Waals surface area (Å²) in [5, 5.41) is 13.2. The van der Waals surface area contributed by atoms with Gasteiger partial charge in [0.15, 0.2) is 0 Å². The van der Waals surface area contributed by atoms with Crippen molar-refractivity contribution in [3.8, 4) is 5.75 Å². The van der Waals surface area contributed by atoms with Crippen molar-refractivity contribution in [1.82, 2.24) is 15.0 Å². The van der Waals surface area contributed by atoms with Gasteiger partial charge in [0, 0.05) is 12.5 Å². The second-order valence-corrected chi connectivity index (χ2v) is 10.9. The summed E-state index contributed by atoms with van der Waals surface area (Å²) in [6.07, 6.45) is 0.491. The van der Waals surface area contributed by atoms with Gasteiger partial charge < -0.3 is 14.8 Å². The van der Waals surface area contributed by atoms with Crippen LogP contribution in [0.2, 0.25) is 0 Å². The molecule has 2 atom stereocenters. The van der Waals surface area contributed by atoms with Gasteiger partial charge >= 0.3 is 4.87 Å². The number of rotatable bonds is 13. The third-order valence-electron chi connectivity index (χ3n) is 5.24. The van der Waals surface area contributed by atoms with Crippen molar-refractivity contribution < 1.29 is 18.3 Å². The molecule has 0 amide bonds. The largest absolute Gasteiger partial charge is 0.506 e. The standard InChI is InChI=1S/C23H31N3O5S2/c1-3-13-33(29,30)26-20(15-31-14-16(2)17-7-5-4-6-8-17)24-12-11-18-9-10-19(27)21-22(18)32-23(28)25-21/h4-10,16,20,24,26-27H,3,11-15H2,1-2H3,(H,25,28). The van der Waals surface area contributed by atoms with Crippen molar-refractivity contribution in [1.29, 1.82) is 0 Å². The highest BCUT2D eigenvalue weighted by Gasteiger charge is 2.18. The summed E-state index contributed by atoms with van der Waals surface area (Å²) in [6.45, 7) is 4.99. The van der Waals surface area contributed by atoms with E-state index in [2.05, 4.69) is 21.9 Å². The highest BCUT2D eigenvalue weighted by molar-refractivity contribution is 7.89. The number of phenolic OH excluding ortho intramolecular Hbond substituents is 1. The number of sulfonamides is 1. The third-order valence-corrected chi connectivity index (χ3v) is 7.79. The van der Waals surface area contributed by atoms with Crippen LogP contribution in [0.3, 0.4) is 0 Å². The van der Waals surface area contributed by atoms with Crippen LogP contribution in [-0.2, 0) is 21.2 Å². The maximum atomic E-state index is 12.3. The molecule has 0 saturated carbocycles. The monoisotopic (exact) mass is 493 g/mol. The molecule has 3 rings (SSSR count). The van der Waals surface area contributed by atoms with E-state index < -0.39 is 16.2 Å². The molecule has 0 saturated heterocycles. The minimum atomic E-state index is -3.44. The smallest absolute Gasteiger partial charge is 0.305 e. The van der Waals surface area contributed by atoms with Crippen LogP contribution >= 0.6 is 11.3 Å². The fourth-order valence-electron chi connectivity index (χ4n) is 3.57. The average Bonchev–Trinajstić information content (AvgIpc) is 3.18. The molecule has 0 aliphatic heterocycles. The summed E-state index contributed by atoms with van der Waals surface area (Å²) in [7, 11) is -3.44. The van der Waals surface area contributed by atoms with Gasteiger partial charge in [0.1, 0.15) is 11.3 Å². The van der Waals surface area contributed by atoms with Gasteiger partial charge in [-0.3, -0.25) is 10.1 Å². The zero-order valence-electron chi connectivity index (χ0n) is 18.8. The lowest BCUT2D eigenvalue weighted by molar-refractivity contribution is 0.0992. The number of hydrogen-bond acceptors (Lipinski definition) is 7. The van der Waals surface area contributed by atoms with Crippen LogP contribution in [-0.4, -0.2) is 50.2 Å². The second-order valence-electron chi connectivity index (χ2n) is 8.01. The van der Waals surface area contributed by atoms with E-state index in [9.17, 15) is 18.3 Å². The molecule has 4 N–H and O–H groups in total. The Morgan fingerprint density at radius 2 is 1.91 bits per heavy atom. The molecule has 3 aromatic rings. The lowest BCUT2D eigenvalue weighted by Gasteiger charge is -2.21. The van der Waals surface area contributed by atoms with E-state index in [1.54, 1.807) is 12.1 Å². The van der Waals surface area contributed by atoms with Crippen LogP contribution in [0.15, 0.2) is 47.3 Å². The molecule has 180 valence electrons. The van der Waals surface area contributed by atoms with Gasteiger partial charge in [0.2, 0.25) is 10.0 Å². The third kappa shape index (κ3) is 7.38. The van der Waals surface area contributed by atoms with Crippen LogP contribution in [0.1, 0.15) is 37.3 Å². The van der Waals surface area contributed by atoms with Crippen molar-refractivity contribution in [3.63, 3.8) is 0 Å². The first-order chi connectivity index (χ1) is 15.8. The summed E-state index contributed by atoms with van der Waals surface area (Å²) < 4.78 is 33.9. The van der Waals surface area contributed by atoms with Crippen LogP contribution in [0.25, 0.3) is 10.2 Å². The zero-order chi connectivity index (χ0) is 23.8. The predicted molar refractivity (Wildman–Crippen MR) is 132 cm³/mol. The van der Waals surface area contributed by atoms with Crippen molar-refractivity contribution in [2.45, 2.75) is 38.8 Å². The summed E-state index contributed by atoms with van der Waals surface area (Å²) in [4.78, 5) is 14.1. The Morgan fingerprint density at radius 3 is 2.64 bits per heavy atom. The van der Waals surface area contributed by atoms with Crippen molar-refractivity contribution >= 4 is 31.6 Å². The van der Waals surface area contributed by atoms with Gasteiger partial charge in [-0.2, -0.15) is 4.72 Å². The fraction of sp³-hybridized carbons (Fsp3) is 0.435. The number of nitrogens with one attached hydrogen (secondary N) is 3. The van der Waals surface area contributed by atoms with E-state index in [4.69, 9.17) is 4.74 Å². The number of fused-ring (bicyclic) bond motifs is 1. The highest BCUT2D eigenvalue weighted by Crippen LogP contribution is 2.27. The normalized spacial score (nSPS) is 13.9. The Morgan fingerprint density at radius 1 is 1.15 bits per heavy atom. The minimum absolute atomic E-state index is 0.0335. The molecule has 0 bridgehead atoms. The first kappa shape index (κ1) is 25.4. The zero-order valence-corrected chi connectivity index (χ0v) is 20.5. The van der Waals surface area contributed by atoms with Crippen molar-refractivity contribution in [2.75, 3.05) is 25.5 Å². The Labute approximate surface area is 198 Å². The molecule has 1 heterocycles. The van der Waals surface area contributed by atoms with Gasteiger partial charge in [-0.15, -0.1) is 0 Å². The SMILES string of the molecule is CCCS(=O)(=O)NC(COCC(C)c1ccccc1)NCCc1ccc(O)c2[nH]c(=O)sc12. The molecule has 33 heavy (non-hydrogen) atoms. The van der Waals surface area contributed by atoms with Gasteiger partial charge in [0.25, 0.3) is 0 Å². The molecule has 8 nitrogen and oxygen atoms in total. The minimum Gasteiger partial charge on any atom is -0.506 e. The molecule has 0 radical (unpaired) electrons. The van der Waals surface area contributed by atoms with Gasteiger partial charge in [0.05, 0.1) is 29.8 Å². The van der Waals surface area contributed by atoms with E-state index in [1.165, 1.54) is 0 Å². The number of benzene rings is 2. The maximum absolute atomic E-state index is 12.3. The van der Waals surface area contributed by atoms with Crippen LogP contribution in [0.5, 0.6) is 5.75 Å². The lowest BCUT2D eigenvalue weighted by Crippen LogP contribution is -2.49. The second kappa shape index (κ2) is 11.8. The summed E-state index contributed by atoms with van der Waals surface area (Å²) in [5.74, 6) is 0.258. The first-order valence-corrected chi connectivity index (χ1v) is 13.5. The van der Waals surface area contributed by atoms with E-state index in [1.807, 2.05) is 37.3 Å². The summed E-state index contributed by atoms with van der Waals surface area (Å²) in [5.41, 5.74) is 2.49. The number of H-pyrrole nitrogens is 1. The number of thiazole rings is 1. The number of aromatic nitrogens is 1. The average molecular weight is 494 g/mol. The molecular weight excluding hydrogens is 462 g/mol. The molecule has 2 aromatic carbocycles. The number of aromatic hydroxyl groups is 1. The van der Waals surface area contributed by atoms with Crippen LogP contribution < -0.4 is 14.9 Å². The molecule has 0 fully saturated rings. The molecule has 0 aliphatic carbocycles. The molecule has 0 aliphatic rings. The number of aromatic amines is 1. The molecule has 2 unspecified atom stereocenters. The van der Waals surface area contributed by atoms with Gasteiger partial charge in [-0.05, 0) is 30.0 Å². The van der Waals surface area contributed by atoms with Gasteiger partial charge in [-0.25, -0.2) is 8.42 Å². The Balaban J connectivity index is 1.61. The Bertz CT molecular complexity index is 1190. The predicted octanol–water partition coefficient (Wildman–Crippen LogP) is 2.90. The first-order valence-electron chi connectivity index (χ1n) is 11.0. The van der Waals surface area contributed by atoms with E-state index in [-0.39, 0.29) is 28.9 Å². The maximum Gasteiger partial charge on any atom is 0.305 e. The van der Waals surface area contributed by atoms with Gasteiger partial charge in [-0.1, -0.05) is 61.6 Å². The lowest BCUT2D eigenvalue weighted by atomic mass is 10.0. The molecular formula is C23H31N3O5S2. The van der Waals surface area contributed by atoms with E-state index >= 15 is 0 Å². The van der Waals surface area contributed by atoms with Crippen molar-refractivity contribution in [2.24, 2.45) is 0 Å². The fourth-order valence-corrected chi connectivity index (χ4v) is 5.71. The highest BCUT2D eigenvalue weighted by atomic mass is 32.2. The van der Waals surface area contributed by atoms with Crippen LogP contribution in [0.4, 0.5) is 0 Å². The number of ether oxygens (including phenoxy) is 1. The summed E-state index contributed by atoms with van der Waals surface area (Å²) >= 11 is 1.05. The Hall–Kier alpha value is -2.24. The quantitative estimate of drug-likeness (QED) is 0.272. The van der Waals surface area contributed by atoms with Crippen LogP contribution in [0, 0.1) is 0 Å². The van der Waals surface area contributed by atoms with E-state index in [0.29, 0.717) is 36.2 Å². The molecule has 0 spiro atoms. The number of phenols is 1. The topological polar surface area (TPSA) is 121 Å². The number of hydrogen-bond donors (Lipinski definition) is 4. The van der Waals surface area contributed by atoms with Crippen molar-refractivity contribution in [3.05, 3.63) is 63.3 Å². The van der Waals surface area contributed by atoms with E-state index in [0.717, 1.165) is 22.5 Å². The molecule has 10 heteroatoms.